The normalized spacial score (nSPS) is 29.5. The second-order valence-electron chi connectivity index (χ2n) is 6.68. The molecule has 0 aromatic heterocycles. The molecule has 1 aromatic rings. The number of aryl methyl sites for hydroxylation is 1. The van der Waals surface area contributed by atoms with Gasteiger partial charge in [-0.2, -0.15) is 0 Å². The Balaban J connectivity index is 1.70. The maximum atomic E-state index is 11.4. The van der Waals surface area contributed by atoms with Gasteiger partial charge in [0, 0.05) is 23.8 Å². The highest BCUT2D eigenvalue weighted by Crippen LogP contribution is 2.32. The Morgan fingerprint density at radius 3 is 2.60 bits per heavy atom. The van der Waals surface area contributed by atoms with E-state index < -0.39 is 0 Å². The first-order valence-electron chi connectivity index (χ1n) is 7.79. The molecule has 0 saturated heterocycles. The molecule has 0 spiro atoms. The summed E-state index contributed by atoms with van der Waals surface area (Å²) in [6, 6.07) is 6.92. The van der Waals surface area contributed by atoms with Gasteiger partial charge in [-0.25, -0.2) is 0 Å². The van der Waals surface area contributed by atoms with E-state index >= 15 is 0 Å². The fourth-order valence-electron chi connectivity index (χ4n) is 3.77. The Morgan fingerprint density at radius 1 is 1.10 bits per heavy atom. The second-order valence-corrected chi connectivity index (χ2v) is 6.68. The number of carbonyl (C=O) groups excluding carboxylic acids is 1. The van der Waals surface area contributed by atoms with E-state index in [4.69, 9.17) is 0 Å². The van der Waals surface area contributed by atoms with Crippen LogP contribution in [0, 0.1) is 11.8 Å². The fraction of sp³-hybridized carbons (Fsp3) is 0.588. The van der Waals surface area contributed by atoms with Crippen LogP contribution in [0.25, 0.3) is 0 Å². The maximum Gasteiger partial charge on any atom is 0.224 e. The van der Waals surface area contributed by atoms with Crippen LogP contribution >= 0.6 is 0 Å². The summed E-state index contributed by atoms with van der Waals surface area (Å²) in [5.41, 5.74) is 3.44. The van der Waals surface area contributed by atoms with Gasteiger partial charge in [-0.1, -0.05) is 13.8 Å². The minimum atomic E-state index is 0.133. The van der Waals surface area contributed by atoms with Crippen molar-refractivity contribution in [3.8, 4) is 0 Å². The van der Waals surface area contributed by atoms with Crippen LogP contribution in [0.3, 0.4) is 0 Å². The average molecular weight is 272 g/mol. The van der Waals surface area contributed by atoms with Crippen molar-refractivity contribution in [2.24, 2.45) is 11.8 Å². The van der Waals surface area contributed by atoms with Gasteiger partial charge in [0.1, 0.15) is 0 Å². The largest absolute Gasteiger partial charge is 0.382 e. The first kappa shape index (κ1) is 13.5. The summed E-state index contributed by atoms with van der Waals surface area (Å²) < 4.78 is 0. The molecular formula is C17H24N2O. The first-order valence-corrected chi connectivity index (χ1v) is 7.79. The van der Waals surface area contributed by atoms with Gasteiger partial charge in [-0.3, -0.25) is 4.79 Å². The van der Waals surface area contributed by atoms with Gasteiger partial charge in [-0.05, 0) is 61.3 Å². The van der Waals surface area contributed by atoms with Crippen LogP contribution in [0.4, 0.5) is 11.4 Å². The van der Waals surface area contributed by atoms with E-state index in [-0.39, 0.29) is 5.91 Å². The zero-order chi connectivity index (χ0) is 14.1. The number of nitrogens with one attached hydrogen (secondary N) is 2. The Morgan fingerprint density at radius 2 is 1.85 bits per heavy atom. The third-order valence-electron chi connectivity index (χ3n) is 4.55. The molecule has 2 atom stereocenters. The maximum absolute atomic E-state index is 11.4. The van der Waals surface area contributed by atoms with Crippen molar-refractivity contribution in [3.05, 3.63) is 23.8 Å². The molecule has 2 N–H and O–H groups in total. The van der Waals surface area contributed by atoms with Crippen LogP contribution in [-0.2, 0) is 11.2 Å². The first-order chi connectivity index (χ1) is 9.60. The minimum absolute atomic E-state index is 0.133. The third-order valence-corrected chi connectivity index (χ3v) is 4.55. The SMILES string of the molecule is CC1CC(C)CC(Nc2ccc3c(c2)CCC(=O)N3)C1. The van der Waals surface area contributed by atoms with E-state index in [2.05, 4.69) is 36.6 Å². The molecule has 0 radical (unpaired) electrons. The van der Waals surface area contributed by atoms with Crippen LogP contribution < -0.4 is 10.6 Å². The fourth-order valence-corrected chi connectivity index (χ4v) is 3.77. The lowest BCUT2D eigenvalue weighted by Crippen LogP contribution is -2.30. The molecule has 20 heavy (non-hydrogen) atoms. The number of hydrogen-bond donors (Lipinski definition) is 2. The quantitative estimate of drug-likeness (QED) is 0.859. The molecule has 1 aromatic carbocycles. The van der Waals surface area contributed by atoms with E-state index in [1.54, 1.807) is 0 Å². The Labute approximate surface area is 121 Å². The van der Waals surface area contributed by atoms with E-state index in [1.165, 1.54) is 30.5 Å². The summed E-state index contributed by atoms with van der Waals surface area (Å²) in [5, 5.41) is 6.63. The summed E-state index contributed by atoms with van der Waals surface area (Å²) in [6.07, 6.45) is 5.34. The summed E-state index contributed by atoms with van der Waals surface area (Å²) in [7, 11) is 0. The molecule has 1 saturated carbocycles. The van der Waals surface area contributed by atoms with Gasteiger partial charge >= 0.3 is 0 Å². The van der Waals surface area contributed by atoms with E-state index in [0.717, 1.165) is 23.9 Å². The number of benzene rings is 1. The monoisotopic (exact) mass is 272 g/mol. The van der Waals surface area contributed by atoms with Gasteiger partial charge in [-0.15, -0.1) is 0 Å². The topological polar surface area (TPSA) is 41.1 Å². The number of carbonyl (C=O) groups is 1. The summed E-state index contributed by atoms with van der Waals surface area (Å²) in [4.78, 5) is 11.4. The van der Waals surface area contributed by atoms with Crippen molar-refractivity contribution in [1.82, 2.24) is 0 Å². The van der Waals surface area contributed by atoms with Crippen LogP contribution in [0.1, 0.15) is 45.1 Å². The number of fused-ring (bicyclic) bond motifs is 1. The van der Waals surface area contributed by atoms with Crippen molar-refractivity contribution in [2.75, 3.05) is 10.6 Å². The van der Waals surface area contributed by atoms with Crippen molar-refractivity contribution < 1.29 is 4.79 Å². The number of amides is 1. The molecule has 3 nitrogen and oxygen atoms in total. The molecule has 1 aliphatic heterocycles. The van der Waals surface area contributed by atoms with Gasteiger partial charge in [0.15, 0.2) is 0 Å². The van der Waals surface area contributed by atoms with Gasteiger partial charge in [0.25, 0.3) is 0 Å². The lowest BCUT2D eigenvalue weighted by atomic mass is 9.80. The number of anilines is 2. The van der Waals surface area contributed by atoms with Crippen molar-refractivity contribution in [1.29, 1.82) is 0 Å². The minimum Gasteiger partial charge on any atom is -0.382 e. The van der Waals surface area contributed by atoms with E-state index in [9.17, 15) is 4.79 Å². The molecule has 3 rings (SSSR count). The molecule has 2 aliphatic rings. The molecule has 1 amide bonds. The average Bonchev–Trinajstić information content (AvgIpc) is 2.38. The molecule has 1 aliphatic carbocycles. The summed E-state index contributed by atoms with van der Waals surface area (Å²) >= 11 is 0. The molecular weight excluding hydrogens is 248 g/mol. The lowest BCUT2D eigenvalue weighted by molar-refractivity contribution is -0.116. The van der Waals surface area contributed by atoms with E-state index in [1.807, 2.05) is 6.07 Å². The number of hydrogen-bond acceptors (Lipinski definition) is 2. The Hall–Kier alpha value is -1.51. The van der Waals surface area contributed by atoms with Crippen molar-refractivity contribution in [2.45, 2.75) is 52.0 Å². The van der Waals surface area contributed by atoms with Crippen LogP contribution in [-0.4, -0.2) is 11.9 Å². The molecule has 108 valence electrons. The highest BCUT2D eigenvalue weighted by molar-refractivity contribution is 5.94. The zero-order valence-electron chi connectivity index (χ0n) is 12.4. The predicted octanol–water partition coefficient (Wildman–Crippen LogP) is 3.81. The standard InChI is InChI=1S/C17H24N2O/c1-11-7-12(2)9-15(8-11)18-14-4-5-16-13(10-14)3-6-17(20)19-16/h4-5,10-12,15,18H,3,6-9H2,1-2H3,(H,19,20). The molecule has 0 bridgehead atoms. The van der Waals surface area contributed by atoms with Crippen molar-refractivity contribution in [3.63, 3.8) is 0 Å². The molecule has 3 heteroatoms. The zero-order valence-corrected chi connectivity index (χ0v) is 12.4. The Kier molecular flexibility index (Phi) is 3.68. The van der Waals surface area contributed by atoms with Gasteiger partial charge in [0.05, 0.1) is 0 Å². The molecule has 1 fully saturated rings. The second kappa shape index (κ2) is 5.47. The van der Waals surface area contributed by atoms with E-state index in [0.29, 0.717) is 12.5 Å². The van der Waals surface area contributed by atoms with Gasteiger partial charge < -0.3 is 10.6 Å². The molecule has 2 unspecified atom stereocenters. The highest BCUT2D eigenvalue weighted by Gasteiger charge is 2.24. The third kappa shape index (κ3) is 2.97. The molecule has 1 heterocycles. The highest BCUT2D eigenvalue weighted by atomic mass is 16.1. The van der Waals surface area contributed by atoms with Crippen LogP contribution in [0.2, 0.25) is 0 Å². The summed E-state index contributed by atoms with van der Waals surface area (Å²) in [6.45, 7) is 4.71. The smallest absolute Gasteiger partial charge is 0.224 e. The Bertz CT molecular complexity index is 502. The van der Waals surface area contributed by atoms with Crippen molar-refractivity contribution >= 4 is 17.3 Å². The van der Waals surface area contributed by atoms with Gasteiger partial charge in [0.2, 0.25) is 5.91 Å². The van der Waals surface area contributed by atoms with Crippen LogP contribution in [0.15, 0.2) is 18.2 Å². The van der Waals surface area contributed by atoms with Crippen LogP contribution in [0.5, 0.6) is 0 Å². The lowest BCUT2D eigenvalue weighted by Gasteiger charge is -2.33. The predicted molar refractivity (Wildman–Crippen MR) is 83.0 cm³/mol. The summed E-state index contributed by atoms with van der Waals surface area (Å²) in [5.74, 6) is 1.76. The number of rotatable bonds is 2.